The molecule has 4 aromatic rings. The topological polar surface area (TPSA) is 63.7 Å². The van der Waals surface area contributed by atoms with Crippen LogP contribution < -0.4 is 4.74 Å². The van der Waals surface area contributed by atoms with Gasteiger partial charge in [0.25, 0.3) is 0 Å². The number of para-hydroxylation sites is 1. The predicted molar refractivity (Wildman–Crippen MR) is 123 cm³/mol. The third kappa shape index (κ3) is 4.79. The molecule has 0 aliphatic carbocycles. The molecule has 0 unspecified atom stereocenters. The fraction of sp³-hybridized carbons (Fsp3) is 0.160. The molecule has 154 valence electrons. The normalized spacial score (nSPS) is 10.6. The van der Waals surface area contributed by atoms with E-state index in [2.05, 4.69) is 45.1 Å². The molecule has 3 aromatic carbocycles. The number of nitriles is 1. The summed E-state index contributed by atoms with van der Waals surface area (Å²) in [5, 5.41) is 19.2. The summed E-state index contributed by atoms with van der Waals surface area (Å²) in [4.78, 5) is 0. The highest BCUT2D eigenvalue weighted by atomic mass is 32.2. The van der Waals surface area contributed by atoms with Gasteiger partial charge in [-0.2, -0.15) is 5.26 Å². The highest BCUT2D eigenvalue weighted by Gasteiger charge is 2.18. The molecule has 0 radical (unpaired) electrons. The fourth-order valence-corrected chi connectivity index (χ4v) is 4.38. The van der Waals surface area contributed by atoms with E-state index >= 15 is 0 Å². The number of hydrogen-bond acceptors (Lipinski definition) is 5. The number of nitrogens with zero attached hydrogens (tertiary/aromatic N) is 4. The summed E-state index contributed by atoms with van der Waals surface area (Å²) in [7, 11) is 1.66. The van der Waals surface area contributed by atoms with Crippen LogP contribution in [0.4, 0.5) is 0 Å². The van der Waals surface area contributed by atoms with Crippen molar-refractivity contribution in [3.05, 3.63) is 95.6 Å². The predicted octanol–water partition coefficient (Wildman–Crippen LogP) is 5.36. The number of hydrogen-bond donors (Lipinski definition) is 0. The molecule has 0 saturated heterocycles. The van der Waals surface area contributed by atoms with Gasteiger partial charge < -0.3 is 9.30 Å². The van der Waals surface area contributed by atoms with Crippen molar-refractivity contribution in [1.29, 1.82) is 5.26 Å². The molecule has 0 aliphatic rings. The maximum absolute atomic E-state index is 9.38. The van der Waals surface area contributed by atoms with Crippen molar-refractivity contribution < 1.29 is 4.74 Å². The maximum atomic E-state index is 9.38. The first-order valence-corrected chi connectivity index (χ1v) is 11.0. The molecule has 1 aromatic heterocycles. The van der Waals surface area contributed by atoms with Crippen LogP contribution in [0, 0.1) is 11.3 Å². The summed E-state index contributed by atoms with van der Waals surface area (Å²) < 4.78 is 7.71. The summed E-state index contributed by atoms with van der Waals surface area (Å²) in [5.74, 6) is 2.20. The third-order valence-corrected chi connectivity index (χ3v) is 6.04. The van der Waals surface area contributed by atoms with Gasteiger partial charge in [0, 0.05) is 12.3 Å². The lowest BCUT2D eigenvalue weighted by Crippen LogP contribution is -2.06. The van der Waals surface area contributed by atoms with Gasteiger partial charge in [0.1, 0.15) is 5.75 Å². The van der Waals surface area contributed by atoms with Gasteiger partial charge in [-0.3, -0.25) is 0 Å². The zero-order chi connectivity index (χ0) is 21.5. The third-order valence-electron chi connectivity index (χ3n) is 5.03. The van der Waals surface area contributed by atoms with Gasteiger partial charge in [0.2, 0.25) is 0 Å². The van der Waals surface area contributed by atoms with Crippen LogP contribution in [0.5, 0.6) is 5.75 Å². The average Bonchev–Trinajstić information content (AvgIpc) is 3.24. The Morgan fingerprint density at radius 1 is 0.935 bits per heavy atom. The molecule has 0 N–H and O–H groups in total. The molecular weight excluding hydrogens is 404 g/mol. The summed E-state index contributed by atoms with van der Waals surface area (Å²) in [5.41, 5.74) is 3.85. The smallest absolute Gasteiger partial charge is 0.191 e. The van der Waals surface area contributed by atoms with E-state index < -0.39 is 0 Å². The van der Waals surface area contributed by atoms with E-state index in [1.54, 1.807) is 18.9 Å². The van der Waals surface area contributed by atoms with Crippen LogP contribution in [-0.4, -0.2) is 21.9 Å². The van der Waals surface area contributed by atoms with Crippen molar-refractivity contribution in [2.75, 3.05) is 7.11 Å². The van der Waals surface area contributed by atoms with Crippen LogP contribution in [-0.2, 0) is 18.7 Å². The number of ether oxygens (including phenoxy) is 1. The van der Waals surface area contributed by atoms with Gasteiger partial charge in [-0.15, -0.1) is 10.2 Å². The Morgan fingerprint density at radius 3 is 2.48 bits per heavy atom. The number of benzene rings is 3. The Hall–Kier alpha value is -3.56. The van der Waals surface area contributed by atoms with E-state index in [0.717, 1.165) is 40.8 Å². The van der Waals surface area contributed by atoms with Crippen LogP contribution in [0.25, 0.3) is 11.4 Å². The fourth-order valence-electron chi connectivity index (χ4n) is 3.41. The van der Waals surface area contributed by atoms with E-state index in [9.17, 15) is 5.26 Å². The Morgan fingerprint density at radius 2 is 1.68 bits per heavy atom. The molecule has 0 fully saturated rings. The van der Waals surface area contributed by atoms with E-state index in [1.165, 1.54) is 5.56 Å². The number of methoxy groups -OCH3 is 1. The van der Waals surface area contributed by atoms with E-state index in [-0.39, 0.29) is 0 Å². The second-order valence-electron chi connectivity index (χ2n) is 6.95. The van der Waals surface area contributed by atoms with Crippen molar-refractivity contribution in [2.24, 2.45) is 0 Å². The van der Waals surface area contributed by atoms with Crippen molar-refractivity contribution in [3.8, 4) is 23.2 Å². The Kier molecular flexibility index (Phi) is 6.65. The minimum Gasteiger partial charge on any atom is -0.496 e. The second kappa shape index (κ2) is 9.96. The molecule has 0 saturated carbocycles. The largest absolute Gasteiger partial charge is 0.496 e. The van der Waals surface area contributed by atoms with Crippen molar-refractivity contribution in [2.45, 2.75) is 23.9 Å². The van der Waals surface area contributed by atoms with E-state index in [4.69, 9.17) is 4.74 Å². The molecule has 4 rings (SSSR count). The number of rotatable bonds is 8. The summed E-state index contributed by atoms with van der Waals surface area (Å²) in [6.07, 6.45) is 0.864. The molecule has 6 heteroatoms. The van der Waals surface area contributed by atoms with Crippen molar-refractivity contribution >= 4 is 11.8 Å². The summed E-state index contributed by atoms with van der Waals surface area (Å²) in [6, 6.07) is 28.2. The molecule has 0 aliphatic heterocycles. The highest BCUT2D eigenvalue weighted by molar-refractivity contribution is 7.98. The molecule has 0 amide bonds. The Bertz CT molecular complexity index is 1200. The summed E-state index contributed by atoms with van der Waals surface area (Å²) in [6.45, 7) is 0.743. The minimum absolute atomic E-state index is 0.652. The standard InChI is InChI=1S/C25H22N4OS/c1-30-23-14-8-7-13-22(23)24-27-28-25(29(24)16-15-19-9-3-2-4-10-19)31-18-21-12-6-5-11-20(21)17-26/h2-14H,15-16,18H2,1H3. The van der Waals surface area contributed by atoms with E-state index in [1.807, 2.05) is 54.6 Å². The van der Waals surface area contributed by atoms with Crippen LogP contribution in [0.15, 0.2) is 84.0 Å². The molecular formula is C25H22N4OS. The van der Waals surface area contributed by atoms with Crippen LogP contribution in [0.2, 0.25) is 0 Å². The van der Waals surface area contributed by atoms with Crippen LogP contribution >= 0.6 is 11.8 Å². The van der Waals surface area contributed by atoms with Gasteiger partial charge >= 0.3 is 0 Å². The lowest BCUT2D eigenvalue weighted by molar-refractivity contribution is 0.415. The SMILES string of the molecule is COc1ccccc1-c1nnc(SCc2ccccc2C#N)n1CCc1ccccc1. The molecule has 1 heterocycles. The van der Waals surface area contributed by atoms with Crippen molar-refractivity contribution in [3.63, 3.8) is 0 Å². The Balaban J connectivity index is 1.66. The first kappa shape index (κ1) is 20.7. The maximum Gasteiger partial charge on any atom is 0.191 e. The van der Waals surface area contributed by atoms with Crippen molar-refractivity contribution in [1.82, 2.24) is 14.8 Å². The molecule has 5 nitrogen and oxygen atoms in total. The number of aromatic nitrogens is 3. The molecule has 0 bridgehead atoms. The molecule has 0 spiro atoms. The summed E-state index contributed by atoms with van der Waals surface area (Å²) >= 11 is 1.59. The lowest BCUT2D eigenvalue weighted by atomic mass is 10.1. The van der Waals surface area contributed by atoms with E-state index in [0.29, 0.717) is 11.3 Å². The molecule has 31 heavy (non-hydrogen) atoms. The van der Waals surface area contributed by atoms with Crippen LogP contribution in [0.3, 0.4) is 0 Å². The second-order valence-corrected chi connectivity index (χ2v) is 7.89. The number of aryl methyl sites for hydroxylation is 1. The number of thioether (sulfide) groups is 1. The monoisotopic (exact) mass is 426 g/mol. The average molecular weight is 427 g/mol. The zero-order valence-corrected chi connectivity index (χ0v) is 18.0. The van der Waals surface area contributed by atoms with Gasteiger partial charge in [-0.25, -0.2) is 0 Å². The van der Waals surface area contributed by atoms with Gasteiger partial charge in [-0.1, -0.05) is 72.4 Å². The lowest BCUT2D eigenvalue weighted by Gasteiger charge is -2.12. The zero-order valence-electron chi connectivity index (χ0n) is 17.2. The quantitative estimate of drug-likeness (QED) is 0.355. The first-order chi connectivity index (χ1) is 15.3. The van der Waals surface area contributed by atoms with Gasteiger partial charge in [-0.05, 0) is 35.7 Å². The van der Waals surface area contributed by atoms with Crippen LogP contribution in [0.1, 0.15) is 16.7 Å². The minimum atomic E-state index is 0.652. The highest BCUT2D eigenvalue weighted by Crippen LogP contribution is 2.32. The molecule has 0 atom stereocenters. The Labute approximate surface area is 186 Å². The first-order valence-electron chi connectivity index (χ1n) is 10.0. The van der Waals surface area contributed by atoms with Gasteiger partial charge in [0.05, 0.1) is 24.3 Å². The van der Waals surface area contributed by atoms with Gasteiger partial charge in [0.15, 0.2) is 11.0 Å².